The molecule has 1 aromatic rings. The average Bonchev–Trinajstić information content (AvgIpc) is 2.39. The topological polar surface area (TPSA) is 76.5 Å². The van der Waals surface area contributed by atoms with Crippen molar-refractivity contribution in [3.05, 3.63) is 12.1 Å². The number of anilines is 3. The van der Waals surface area contributed by atoms with Gasteiger partial charge in [0.1, 0.15) is 5.75 Å². The molecule has 100 valence electrons. The number of nitrogens with two attached hydrogens (primary N) is 2. The predicted molar refractivity (Wildman–Crippen MR) is 76.1 cm³/mol. The molecule has 1 fully saturated rings. The Kier molecular flexibility index (Phi) is 3.81. The first-order valence-electron chi connectivity index (χ1n) is 6.31. The third-order valence-corrected chi connectivity index (χ3v) is 3.62. The van der Waals surface area contributed by atoms with Gasteiger partial charge in [-0.25, -0.2) is 0 Å². The van der Waals surface area contributed by atoms with Gasteiger partial charge in [0.05, 0.1) is 24.2 Å². The van der Waals surface area contributed by atoms with Crippen molar-refractivity contribution in [2.75, 3.05) is 43.6 Å². The SMILES string of the molecule is CNC1CCN(c2cc(OC)c(N)cc2N)CC1. The Bertz CT molecular complexity index is 414. The molecular weight excluding hydrogens is 228 g/mol. The van der Waals surface area contributed by atoms with E-state index in [4.69, 9.17) is 16.2 Å². The van der Waals surface area contributed by atoms with E-state index in [0.717, 1.165) is 37.3 Å². The van der Waals surface area contributed by atoms with E-state index in [1.54, 1.807) is 13.2 Å². The van der Waals surface area contributed by atoms with Crippen LogP contribution in [0.4, 0.5) is 17.1 Å². The summed E-state index contributed by atoms with van der Waals surface area (Å²) in [4.78, 5) is 2.30. The van der Waals surface area contributed by atoms with Gasteiger partial charge in [0, 0.05) is 25.2 Å². The predicted octanol–water partition coefficient (Wildman–Crippen LogP) is 1.05. The zero-order valence-electron chi connectivity index (χ0n) is 11.1. The van der Waals surface area contributed by atoms with Gasteiger partial charge >= 0.3 is 0 Å². The number of benzene rings is 1. The standard InChI is InChI=1S/C13H22N4O/c1-16-9-3-5-17(6-4-9)12-8-13(18-2)11(15)7-10(12)14/h7-9,16H,3-6,14-15H2,1-2H3. The third kappa shape index (κ3) is 2.46. The fourth-order valence-electron chi connectivity index (χ4n) is 2.46. The first-order chi connectivity index (χ1) is 8.65. The zero-order valence-corrected chi connectivity index (χ0v) is 11.1. The second-order valence-electron chi connectivity index (χ2n) is 4.70. The van der Waals surface area contributed by atoms with Crippen molar-refractivity contribution in [3.63, 3.8) is 0 Å². The quantitative estimate of drug-likeness (QED) is 0.699. The van der Waals surface area contributed by atoms with Crippen LogP contribution in [0.25, 0.3) is 0 Å². The molecule has 0 bridgehead atoms. The molecular formula is C13H22N4O. The highest BCUT2D eigenvalue weighted by Crippen LogP contribution is 2.34. The number of nitrogens with one attached hydrogen (secondary N) is 1. The smallest absolute Gasteiger partial charge is 0.143 e. The molecule has 0 amide bonds. The highest BCUT2D eigenvalue weighted by Gasteiger charge is 2.20. The maximum absolute atomic E-state index is 6.05. The zero-order chi connectivity index (χ0) is 13.1. The first-order valence-corrected chi connectivity index (χ1v) is 6.31. The number of piperidine rings is 1. The van der Waals surface area contributed by atoms with E-state index in [1.807, 2.05) is 13.1 Å². The molecule has 0 radical (unpaired) electrons. The van der Waals surface area contributed by atoms with Crippen LogP contribution < -0.4 is 26.4 Å². The molecule has 1 heterocycles. The highest BCUT2D eigenvalue weighted by molar-refractivity contribution is 5.76. The summed E-state index contributed by atoms with van der Waals surface area (Å²) in [5.41, 5.74) is 14.2. The van der Waals surface area contributed by atoms with Gasteiger partial charge in [0.25, 0.3) is 0 Å². The molecule has 1 aliphatic rings. The lowest BCUT2D eigenvalue weighted by atomic mass is 10.0. The van der Waals surface area contributed by atoms with Crippen LogP contribution in [0.2, 0.25) is 0 Å². The largest absolute Gasteiger partial charge is 0.495 e. The van der Waals surface area contributed by atoms with Crippen LogP contribution in [0.1, 0.15) is 12.8 Å². The Morgan fingerprint density at radius 2 is 1.89 bits per heavy atom. The molecule has 1 aromatic carbocycles. The fraction of sp³-hybridized carbons (Fsp3) is 0.538. The number of hydrogen-bond donors (Lipinski definition) is 3. The molecule has 5 N–H and O–H groups in total. The summed E-state index contributed by atoms with van der Waals surface area (Å²) in [5, 5.41) is 3.32. The van der Waals surface area contributed by atoms with Gasteiger partial charge in [-0.3, -0.25) is 0 Å². The summed E-state index contributed by atoms with van der Waals surface area (Å²) in [6, 6.07) is 4.32. The van der Waals surface area contributed by atoms with E-state index in [9.17, 15) is 0 Å². The minimum absolute atomic E-state index is 0.587. The van der Waals surface area contributed by atoms with Gasteiger partial charge in [-0.2, -0.15) is 0 Å². The van der Waals surface area contributed by atoms with Gasteiger partial charge in [-0.1, -0.05) is 0 Å². The Balaban J connectivity index is 2.18. The molecule has 2 rings (SSSR count). The molecule has 1 saturated heterocycles. The summed E-state index contributed by atoms with van der Waals surface area (Å²) in [6.45, 7) is 2.01. The van der Waals surface area contributed by atoms with Crippen LogP contribution >= 0.6 is 0 Å². The second-order valence-corrected chi connectivity index (χ2v) is 4.70. The lowest BCUT2D eigenvalue weighted by Crippen LogP contribution is -2.41. The maximum Gasteiger partial charge on any atom is 0.143 e. The number of ether oxygens (including phenoxy) is 1. The molecule has 0 aliphatic carbocycles. The summed E-state index contributed by atoms with van der Waals surface area (Å²) in [7, 11) is 3.64. The molecule has 0 saturated carbocycles. The van der Waals surface area contributed by atoms with E-state index in [-0.39, 0.29) is 0 Å². The maximum atomic E-state index is 6.05. The molecule has 1 aliphatic heterocycles. The molecule has 5 heteroatoms. The minimum atomic E-state index is 0.587. The lowest BCUT2D eigenvalue weighted by molar-refractivity contribution is 0.416. The third-order valence-electron chi connectivity index (χ3n) is 3.62. The molecule has 5 nitrogen and oxygen atoms in total. The van der Waals surface area contributed by atoms with E-state index in [1.165, 1.54) is 0 Å². The lowest BCUT2D eigenvalue weighted by Gasteiger charge is -2.34. The Morgan fingerprint density at radius 3 is 2.44 bits per heavy atom. The number of nitrogen functional groups attached to an aromatic ring is 2. The van der Waals surface area contributed by atoms with Crippen molar-refractivity contribution in [1.29, 1.82) is 0 Å². The van der Waals surface area contributed by atoms with E-state index < -0.39 is 0 Å². The summed E-state index contributed by atoms with van der Waals surface area (Å²) >= 11 is 0. The van der Waals surface area contributed by atoms with Crippen LogP contribution in [-0.2, 0) is 0 Å². The van der Waals surface area contributed by atoms with Gasteiger partial charge < -0.3 is 26.4 Å². The normalized spacial score (nSPS) is 16.9. The molecule has 0 spiro atoms. The minimum Gasteiger partial charge on any atom is -0.495 e. The number of nitrogens with zero attached hydrogens (tertiary/aromatic N) is 1. The van der Waals surface area contributed by atoms with Crippen molar-refractivity contribution in [3.8, 4) is 5.75 Å². The van der Waals surface area contributed by atoms with E-state index >= 15 is 0 Å². The van der Waals surface area contributed by atoms with Crippen molar-refractivity contribution < 1.29 is 4.74 Å². The average molecular weight is 250 g/mol. The second kappa shape index (κ2) is 5.35. The van der Waals surface area contributed by atoms with Crippen LogP contribution in [0.3, 0.4) is 0 Å². The summed E-state index contributed by atoms with van der Waals surface area (Å²) in [5.74, 6) is 0.690. The molecule has 0 unspecified atom stereocenters. The highest BCUT2D eigenvalue weighted by atomic mass is 16.5. The van der Waals surface area contributed by atoms with Gasteiger partial charge in [-0.05, 0) is 26.0 Å². The van der Waals surface area contributed by atoms with Crippen molar-refractivity contribution >= 4 is 17.1 Å². The van der Waals surface area contributed by atoms with Crippen molar-refractivity contribution in [2.45, 2.75) is 18.9 Å². The summed E-state index contributed by atoms with van der Waals surface area (Å²) in [6.07, 6.45) is 2.26. The Hall–Kier alpha value is -1.62. The van der Waals surface area contributed by atoms with E-state index in [0.29, 0.717) is 17.5 Å². The summed E-state index contributed by atoms with van der Waals surface area (Å²) < 4.78 is 5.25. The van der Waals surface area contributed by atoms with Crippen LogP contribution in [0, 0.1) is 0 Å². The van der Waals surface area contributed by atoms with E-state index in [2.05, 4.69) is 10.2 Å². The fourth-order valence-corrected chi connectivity index (χ4v) is 2.46. The Labute approximate surface area is 108 Å². The van der Waals surface area contributed by atoms with Crippen LogP contribution in [0.5, 0.6) is 5.75 Å². The molecule has 18 heavy (non-hydrogen) atoms. The van der Waals surface area contributed by atoms with Gasteiger partial charge in [-0.15, -0.1) is 0 Å². The number of methoxy groups -OCH3 is 1. The molecule has 0 atom stereocenters. The monoisotopic (exact) mass is 250 g/mol. The van der Waals surface area contributed by atoms with Gasteiger partial charge in [0.15, 0.2) is 0 Å². The number of rotatable bonds is 3. The van der Waals surface area contributed by atoms with Crippen molar-refractivity contribution in [2.24, 2.45) is 0 Å². The van der Waals surface area contributed by atoms with Crippen molar-refractivity contribution in [1.82, 2.24) is 5.32 Å². The first kappa shape index (κ1) is 12.8. The van der Waals surface area contributed by atoms with Gasteiger partial charge in [0.2, 0.25) is 0 Å². The molecule has 0 aromatic heterocycles. The Morgan fingerprint density at radius 1 is 1.22 bits per heavy atom. The van der Waals surface area contributed by atoms with Crippen LogP contribution in [0.15, 0.2) is 12.1 Å². The van der Waals surface area contributed by atoms with Crippen LogP contribution in [-0.4, -0.2) is 33.3 Å². The number of hydrogen-bond acceptors (Lipinski definition) is 5.